The van der Waals surface area contributed by atoms with Gasteiger partial charge < -0.3 is 0 Å². The van der Waals surface area contributed by atoms with Crippen LogP contribution in [0.1, 0.15) is 40.0 Å². The van der Waals surface area contributed by atoms with Gasteiger partial charge in [0.25, 0.3) is 0 Å². The molecule has 0 heteroatoms. The van der Waals surface area contributed by atoms with Crippen LogP contribution in [0.25, 0.3) is 0 Å². The van der Waals surface area contributed by atoms with Gasteiger partial charge in [-0.25, -0.2) is 0 Å². The van der Waals surface area contributed by atoms with E-state index in [4.69, 9.17) is 0 Å². The first-order valence-electron chi connectivity index (χ1n) is 5.23. The first kappa shape index (κ1) is 8.34. The van der Waals surface area contributed by atoms with Gasteiger partial charge in [-0.3, -0.25) is 0 Å². The molecular formula is C12H20. The van der Waals surface area contributed by atoms with E-state index in [1.54, 1.807) is 0 Å². The molecule has 0 amide bonds. The monoisotopic (exact) mass is 164 g/mol. The van der Waals surface area contributed by atoms with Gasteiger partial charge in [0.05, 0.1) is 0 Å². The Morgan fingerprint density at radius 2 is 1.92 bits per heavy atom. The number of allylic oxidation sites excluding steroid dienone is 2. The Labute approximate surface area is 76.1 Å². The van der Waals surface area contributed by atoms with E-state index >= 15 is 0 Å². The van der Waals surface area contributed by atoms with Crippen molar-refractivity contribution in [3.63, 3.8) is 0 Å². The largest absolute Gasteiger partial charge is 0.0851 e. The molecule has 3 atom stereocenters. The summed E-state index contributed by atoms with van der Waals surface area (Å²) in [6, 6.07) is 0. The molecule has 1 saturated carbocycles. The van der Waals surface area contributed by atoms with E-state index in [0.29, 0.717) is 5.41 Å². The van der Waals surface area contributed by atoms with Gasteiger partial charge in [0.1, 0.15) is 0 Å². The van der Waals surface area contributed by atoms with Crippen LogP contribution in [0.2, 0.25) is 0 Å². The summed E-state index contributed by atoms with van der Waals surface area (Å²) in [4.78, 5) is 0. The second-order valence-electron chi connectivity index (χ2n) is 5.81. The van der Waals surface area contributed by atoms with Crippen LogP contribution in [0.15, 0.2) is 12.2 Å². The molecule has 0 aromatic carbocycles. The predicted octanol–water partition coefficient (Wildman–Crippen LogP) is 3.63. The molecule has 12 heavy (non-hydrogen) atoms. The van der Waals surface area contributed by atoms with Crippen molar-refractivity contribution in [2.24, 2.45) is 23.2 Å². The molecule has 0 aliphatic heterocycles. The van der Waals surface area contributed by atoms with Gasteiger partial charge in [-0.1, -0.05) is 32.9 Å². The molecule has 0 N–H and O–H groups in total. The molecule has 0 radical (unpaired) electrons. The van der Waals surface area contributed by atoms with E-state index in [-0.39, 0.29) is 0 Å². The van der Waals surface area contributed by atoms with Crippen LogP contribution < -0.4 is 0 Å². The Hall–Kier alpha value is -0.260. The van der Waals surface area contributed by atoms with Crippen LogP contribution in [0.4, 0.5) is 0 Å². The van der Waals surface area contributed by atoms with Crippen LogP contribution in [0.5, 0.6) is 0 Å². The lowest BCUT2D eigenvalue weighted by molar-refractivity contribution is 0.266. The fourth-order valence-electron chi connectivity index (χ4n) is 2.92. The van der Waals surface area contributed by atoms with Gasteiger partial charge in [0.15, 0.2) is 0 Å². The highest BCUT2D eigenvalue weighted by Crippen LogP contribution is 2.47. The molecule has 0 saturated heterocycles. The van der Waals surface area contributed by atoms with Crippen molar-refractivity contribution in [2.45, 2.75) is 40.0 Å². The summed E-state index contributed by atoms with van der Waals surface area (Å²) in [5.74, 6) is 2.89. The van der Waals surface area contributed by atoms with E-state index in [1.165, 1.54) is 19.3 Å². The summed E-state index contributed by atoms with van der Waals surface area (Å²) in [6.07, 6.45) is 9.24. The lowest BCUT2D eigenvalue weighted by atomic mass is 9.79. The average molecular weight is 164 g/mol. The summed E-state index contributed by atoms with van der Waals surface area (Å²) >= 11 is 0. The van der Waals surface area contributed by atoms with Gasteiger partial charge >= 0.3 is 0 Å². The topological polar surface area (TPSA) is 0 Å². The van der Waals surface area contributed by atoms with Gasteiger partial charge in [-0.05, 0) is 42.4 Å². The summed E-state index contributed by atoms with van der Waals surface area (Å²) in [5, 5.41) is 0. The quantitative estimate of drug-likeness (QED) is 0.519. The highest BCUT2D eigenvalue weighted by atomic mass is 14.4. The minimum atomic E-state index is 0.531. The van der Waals surface area contributed by atoms with Crippen LogP contribution in [-0.2, 0) is 0 Å². The van der Waals surface area contributed by atoms with E-state index < -0.39 is 0 Å². The number of rotatable bonds is 1. The Morgan fingerprint density at radius 3 is 2.33 bits per heavy atom. The molecule has 0 aromatic rings. The fraction of sp³-hybridized carbons (Fsp3) is 0.833. The molecule has 2 aliphatic carbocycles. The normalized spacial score (nSPS) is 39.4. The smallest absolute Gasteiger partial charge is 0.0199 e. The van der Waals surface area contributed by atoms with Crippen LogP contribution in [0.3, 0.4) is 0 Å². The summed E-state index contributed by atoms with van der Waals surface area (Å²) < 4.78 is 0. The first-order chi connectivity index (χ1) is 5.54. The summed E-state index contributed by atoms with van der Waals surface area (Å²) in [6.45, 7) is 7.09. The highest BCUT2D eigenvalue weighted by molar-refractivity contribution is 5.10. The van der Waals surface area contributed by atoms with Crippen molar-refractivity contribution in [1.82, 2.24) is 0 Å². The maximum atomic E-state index is 2.46. The minimum absolute atomic E-state index is 0.531. The zero-order valence-corrected chi connectivity index (χ0v) is 8.51. The molecule has 3 unspecified atom stereocenters. The van der Waals surface area contributed by atoms with Crippen LogP contribution in [0, 0.1) is 23.2 Å². The molecule has 0 spiro atoms. The lowest BCUT2D eigenvalue weighted by Crippen LogP contribution is -2.16. The van der Waals surface area contributed by atoms with Crippen LogP contribution in [-0.4, -0.2) is 0 Å². The Bertz CT molecular complexity index is 195. The second kappa shape index (κ2) is 2.61. The molecule has 1 fully saturated rings. The van der Waals surface area contributed by atoms with Gasteiger partial charge in [-0.15, -0.1) is 0 Å². The number of hydrogen-bond acceptors (Lipinski definition) is 0. The molecule has 2 bridgehead atoms. The Balaban J connectivity index is 1.96. The van der Waals surface area contributed by atoms with E-state index in [9.17, 15) is 0 Å². The molecule has 2 aliphatic rings. The Kier molecular flexibility index (Phi) is 1.82. The van der Waals surface area contributed by atoms with Gasteiger partial charge in [0.2, 0.25) is 0 Å². The Morgan fingerprint density at radius 1 is 1.17 bits per heavy atom. The zero-order chi connectivity index (χ0) is 8.77. The van der Waals surface area contributed by atoms with Gasteiger partial charge in [-0.2, -0.15) is 0 Å². The van der Waals surface area contributed by atoms with Crippen molar-refractivity contribution in [3.05, 3.63) is 12.2 Å². The van der Waals surface area contributed by atoms with E-state index in [2.05, 4.69) is 32.9 Å². The third kappa shape index (κ3) is 1.57. The molecule has 68 valence electrons. The second-order valence-corrected chi connectivity index (χ2v) is 5.81. The van der Waals surface area contributed by atoms with Crippen molar-refractivity contribution in [3.8, 4) is 0 Å². The minimum Gasteiger partial charge on any atom is -0.0851 e. The summed E-state index contributed by atoms with van der Waals surface area (Å²) in [5.41, 5.74) is 0.531. The standard InChI is InChI=1S/C12H20/c1-12(2,3)8-11-7-9-4-5-10(11)6-9/h4-5,9-11H,6-8H2,1-3H3. The fourth-order valence-corrected chi connectivity index (χ4v) is 2.92. The first-order valence-corrected chi connectivity index (χ1v) is 5.23. The zero-order valence-electron chi connectivity index (χ0n) is 8.51. The van der Waals surface area contributed by atoms with Crippen molar-refractivity contribution in [1.29, 1.82) is 0 Å². The maximum Gasteiger partial charge on any atom is -0.0199 e. The van der Waals surface area contributed by atoms with Crippen molar-refractivity contribution < 1.29 is 0 Å². The predicted molar refractivity (Wildman–Crippen MR) is 52.9 cm³/mol. The summed E-state index contributed by atoms with van der Waals surface area (Å²) in [7, 11) is 0. The van der Waals surface area contributed by atoms with Crippen molar-refractivity contribution >= 4 is 0 Å². The van der Waals surface area contributed by atoms with Gasteiger partial charge in [0, 0.05) is 0 Å². The maximum absolute atomic E-state index is 2.46. The number of fused-ring (bicyclic) bond motifs is 2. The highest BCUT2D eigenvalue weighted by Gasteiger charge is 2.37. The molecule has 0 heterocycles. The average Bonchev–Trinajstić information content (AvgIpc) is 2.42. The number of hydrogen-bond donors (Lipinski definition) is 0. The lowest BCUT2D eigenvalue weighted by Gasteiger charge is -2.26. The molecule has 2 rings (SSSR count). The van der Waals surface area contributed by atoms with Crippen LogP contribution >= 0.6 is 0 Å². The van der Waals surface area contributed by atoms with Crippen molar-refractivity contribution in [2.75, 3.05) is 0 Å². The molecule has 0 nitrogen and oxygen atoms in total. The van der Waals surface area contributed by atoms with E-state index in [1.807, 2.05) is 0 Å². The third-order valence-electron chi connectivity index (χ3n) is 3.29. The van der Waals surface area contributed by atoms with E-state index in [0.717, 1.165) is 17.8 Å². The third-order valence-corrected chi connectivity index (χ3v) is 3.29. The molecule has 0 aromatic heterocycles. The SMILES string of the molecule is CC(C)(C)CC1CC2C=CC1C2. The molecular weight excluding hydrogens is 144 g/mol.